The molecule has 2 rings (SSSR count). The highest BCUT2D eigenvalue weighted by molar-refractivity contribution is 9.10. The van der Waals surface area contributed by atoms with Crippen molar-refractivity contribution < 1.29 is 9.53 Å². The van der Waals surface area contributed by atoms with Crippen LogP contribution in [0.2, 0.25) is 5.02 Å². The third-order valence-electron chi connectivity index (χ3n) is 2.77. The minimum atomic E-state index is -0.353. The Morgan fingerprint density at radius 3 is 2.85 bits per heavy atom. The zero-order valence-electron chi connectivity index (χ0n) is 10.8. The first-order chi connectivity index (χ1) is 9.60. The number of benzene rings is 2. The highest BCUT2D eigenvalue weighted by atomic mass is 79.9. The van der Waals surface area contributed by atoms with Crippen molar-refractivity contribution in [1.29, 1.82) is 0 Å². The van der Waals surface area contributed by atoms with E-state index in [1.54, 1.807) is 18.2 Å². The molecule has 0 radical (unpaired) electrons. The van der Waals surface area contributed by atoms with Gasteiger partial charge in [0.15, 0.2) is 0 Å². The highest BCUT2D eigenvalue weighted by Crippen LogP contribution is 2.22. The first-order valence-electron chi connectivity index (χ1n) is 5.96. The Morgan fingerprint density at radius 2 is 2.10 bits per heavy atom. The molecule has 5 heteroatoms. The molecular weight excluding hydrogens is 342 g/mol. The Hall–Kier alpha value is -1.52. The van der Waals surface area contributed by atoms with Gasteiger partial charge in [0.25, 0.3) is 0 Å². The molecule has 2 aromatic rings. The van der Waals surface area contributed by atoms with Gasteiger partial charge in [0.1, 0.15) is 0 Å². The van der Waals surface area contributed by atoms with Crippen molar-refractivity contribution in [2.75, 3.05) is 12.4 Å². The van der Waals surface area contributed by atoms with Gasteiger partial charge in [-0.05, 0) is 42.0 Å². The van der Waals surface area contributed by atoms with Crippen molar-refractivity contribution in [2.24, 2.45) is 0 Å². The van der Waals surface area contributed by atoms with Gasteiger partial charge in [-0.25, -0.2) is 4.79 Å². The largest absolute Gasteiger partial charge is 0.465 e. The van der Waals surface area contributed by atoms with E-state index < -0.39 is 0 Å². The lowest BCUT2D eigenvalue weighted by atomic mass is 10.2. The lowest BCUT2D eigenvalue weighted by Crippen LogP contribution is -2.04. The lowest BCUT2D eigenvalue weighted by molar-refractivity contribution is 0.0601. The Morgan fingerprint density at radius 1 is 1.30 bits per heavy atom. The van der Waals surface area contributed by atoms with Gasteiger partial charge in [0, 0.05) is 21.7 Å². The van der Waals surface area contributed by atoms with Crippen molar-refractivity contribution >= 4 is 39.2 Å². The molecule has 0 amide bonds. The SMILES string of the molecule is COC(=O)c1cccc(NCc2cc(Br)ccc2Cl)c1. The number of ether oxygens (including phenoxy) is 1. The first-order valence-corrected chi connectivity index (χ1v) is 7.13. The zero-order valence-corrected chi connectivity index (χ0v) is 13.2. The predicted molar refractivity (Wildman–Crippen MR) is 84.3 cm³/mol. The van der Waals surface area contributed by atoms with Crippen LogP contribution < -0.4 is 5.32 Å². The summed E-state index contributed by atoms with van der Waals surface area (Å²) >= 11 is 9.55. The summed E-state index contributed by atoms with van der Waals surface area (Å²) in [5, 5.41) is 3.93. The fraction of sp³-hybridized carbons (Fsp3) is 0.133. The molecule has 0 saturated carbocycles. The molecule has 0 heterocycles. The van der Waals surface area contributed by atoms with Gasteiger partial charge >= 0.3 is 5.97 Å². The molecule has 20 heavy (non-hydrogen) atoms. The maximum Gasteiger partial charge on any atom is 0.337 e. The summed E-state index contributed by atoms with van der Waals surface area (Å²) in [7, 11) is 1.36. The minimum Gasteiger partial charge on any atom is -0.465 e. The van der Waals surface area contributed by atoms with Gasteiger partial charge in [-0.15, -0.1) is 0 Å². The molecular formula is C15H13BrClNO2. The molecule has 0 saturated heterocycles. The number of anilines is 1. The molecule has 0 unspecified atom stereocenters. The maximum absolute atomic E-state index is 11.5. The molecule has 104 valence electrons. The monoisotopic (exact) mass is 353 g/mol. The Balaban J connectivity index is 2.11. The van der Waals surface area contributed by atoms with Crippen LogP contribution in [0, 0.1) is 0 Å². The Kier molecular flexibility index (Phi) is 5.04. The van der Waals surface area contributed by atoms with Crippen molar-refractivity contribution in [3.05, 3.63) is 63.1 Å². The van der Waals surface area contributed by atoms with E-state index in [0.717, 1.165) is 15.7 Å². The van der Waals surface area contributed by atoms with E-state index in [2.05, 4.69) is 21.2 Å². The Labute approximate surface area is 131 Å². The van der Waals surface area contributed by atoms with Crippen LogP contribution in [0.3, 0.4) is 0 Å². The van der Waals surface area contributed by atoms with Crippen LogP contribution in [0.15, 0.2) is 46.9 Å². The fourth-order valence-electron chi connectivity index (χ4n) is 1.75. The number of esters is 1. The average Bonchev–Trinajstić information content (AvgIpc) is 2.47. The maximum atomic E-state index is 11.5. The number of halogens is 2. The molecule has 3 nitrogen and oxygen atoms in total. The number of carbonyl (C=O) groups excluding carboxylic acids is 1. The standard InChI is InChI=1S/C15H13BrClNO2/c1-20-15(19)10-3-2-4-13(8-10)18-9-11-7-12(16)5-6-14(11)17/h2-8,18H,9H2,1H3. The molecule has 2 aromatic carbocycles. The summed E-state index contributed by atoms with van der Waals surface area (Å²) in [5.74, 6) is -0.353. The molecule has 1 N–H and O–H groups in total. The fourth-order valence-corrected chi connectivity index (χ4v) is 2.34. The second kappa shape index (κ2) is 6.77. The van der Waals surface area contributed by atoms with Gasteiger partial charge in [-0.3, -0.25) is 0 Å². The van der Waals surface area contributed by atoms with E-state index in [0.29, 0.717) is 17.1 Å². The molecule has 0 atom stereocenters. The van der Waals surface area contributed by atoms with E-state index in [1.807, 2.05) is 24.3 Å². The molecule has 0 spiro atoms. The molecule has 0 aromatic heterocycles. The quantitative estimate of drug-likeness (QED) is 0.822. The summed E-state index contributed by atoms with van der Waals surface area (Å²) in [6.45, 7) is 0.572. The third kappa shape index (κ3) is 3.74. The van der Waals surface area contributed by atoms with Gasteiger partial charge in [-0.1, -0.05) is 33.6 Å². The molecule has 0 fully saturated rings. The molecule has 0 aliphatic carbocycles. The summed E-state index contributed by atoms with van der Waals surface area (Å²) in [5.41, 5.74) is 2.33. The number of hydrogen-bond donors (Lipinski definition) is 1. The summed E-state index contributed by atoms with van der Waals surface area (Å²) in [4.78, 5) is 11.5. The smallest absolute Gasteiger partial charge is 0.337 e. The van der Waals surface area contributed by atoms with Gasteiger partial charge in [0.05, 0.1) is 12.7 Å². The Bertz CT molecular complexity index is 631. The van der Waals surface area contributed by atoms with E-state index >= 15 is 0 Å². The number of methoxy groups -OCH3 is 1. The van der Waals surface area contributed by atoms with E-state index in [1.165, 1.54) is 7.11 Å². The van der Waals surface area contributed by atoms with Crippen LogP contribution >= 0.6 is 27.5 Å². The van der Waals surface area contributed by atoms with Crippen molar-refractivity contribution in [1.82, 2.24) is 0 Å². The van der Waals surface area contributed by atoms with Crippen molar-refractivity contribution in [3.63, 3.8) is 0 Å². The second-order valence-electron chi connectivity index (χ2n) is 4.16. The second-order valence-corrected chi connectivity index (χ2v) is 5.48. The third-order valence-corrected chi connectivity index (χ3v) is 3.64. The first kappa shape index (κ1) is 14.9. The predicted octanol–water partition coefficient (Wildman–Crippen LogP) is 4.50. The van der Waals surface area contributed by atoms with Crippen LogP contribution in [0.1, 0.15) is 15.9 Å². The van der Waals surface area contributed by atoms with Crippen LogP contribution in [0.25, 0.3) is 0 Å². The van der Waals surface area contributed by atoms with Crippen molar-refractivity contribution in [3.8, 4) is 0 Å². The number of carbonyl (C=O) groups is 1. The molecule has 0 bridgehead atoms. The van der Waals surface area contributed by atoms with E-state index in [4.69, 9.17) is 16.3 Å². The van der Waals surface area contributed by atoms with Crippen LogP contribution in [0.4, 0.5) is 5.69 Å². The normalized spacial score (nSPS) is 10.2. The van der Waals surface area contributed by atoms with Crippen molar-refractivity contribution in [2.45, 2.75) is 6.54 Å². The zero-order chi connectivity index (χ0) is 14.5. The highest BCUT2D eigenvalue weighted by Gasteiger charge is 2.06. The number of hydrogen-bond acceptors (Lipinski definition) is 3. The van der Waals surface area contributed by atoms with Gasteiger partial charge in [0.2, 0.25) is 0 Å². The number of rotatable bonds is 4. The average molecular weight is 355 g/mol. The number of nitrogens with one attached hydrogen (secondary N) is 1. The van der Waals surface area contributed by atoms with E-state index in [-0.39, 0.29) is 5.97 Å². The van der Waals surface area contributed by atoms with E-state index in [9.17, 15) is 4.79 Å². The molecule has 0 aliphatic heterocycles. The lowest BCUT2D eigenvalue weighted by Gasteiger charge is -2.09. The summed E-state index contributed by atoms with van der Waals surface area (Å²) in [6, 6.07) is 12.8. The topological polar surface area (TPSA) is 38.3 Å². The molecule has 0 aliphatic rings. The van der Waals surface area contributed by atoms with Crippen LogP contribution in [-0.2, 0) is 11.3 Å². The summed E-state index contributed by atoms with van der Waals surface area (Å²) in [6.07, 6.45) is 0. The summed E-state index contributed by atoms with van der Waals surface area (Å²) < 4.78 is 5.67. The van der Waals surface area contributed by atoms with Crippen LogP contribution in [-0.4, -0.2) is 13.1 Å². The van der Waals surface area contributed by atoms with Crippen LogP contribution in [0.5, 0.6) is 0 Å². The minimum absolute atomic E-state index is 0.353. The van der Waals surface area contributed by atoms with Gasteiger partial charge < -0.3 is 10.1 Å². The van der Waals surface area contributed by atoms with Gasteiger partial charge in [-0.2, -0.15) is 0 Å².